The quantitative estimate of drug-likeness (QED) is 0.418. The highest BCUT2D eigenvalue weighted by Gasteiger charge is 2.07. The van der Waals surface area contributed by atoms with Crippen molar-refractivity contribution >= 4 is 44.2 Å². The second kappa shape index (κ2) is 13.3. The third-order valence-corrected chi connectivity index (χ3v) is 13.8. The van der Waals surface area contributed by atoms with Crippen LogP contribution in [0.25, 0.3) is 0 Å². The van der Waals surface area contributed by atoms with Gasteiger partial charge >= 0.3 is 0 Å². The van der Waals surface area contributed by atoms with Crippen molar-refractivity contribution in [1.82, 2.24) is 0 Å². The first-order valence-corrected chi connectivity index (χ1v) is 13.5. The van der Waals surface area contributed by atoms with Crippen molar-refractivity contribution in [2.45, 2.75) is 65.7 Å². The van der Waals surface area contributed by atoms with E-state index >= 15 is 0 Å². The van der Waals surface area contributed by atoms with Crippen molar-refractivity contribution in [3.63, 3.8) is 0 Å². The zero-order valence-corrected chi connectivity index (χ0v) is 16.6. The lowest BCUT2D eigenvalue weighted by Gasteiger charge is -2.13. The molecule has 4 heteroatoms. The van der Waals surface area contributed by atoms with Crippen LogP contribution in [0.3, 0.4) is 0 Å². The Kier molecular flexibility index (Phi) is 16.7. The lowest BCUT2D eigenvalue weighted by Crippen LogP contribution is -1.93. The van der Waals surface area contributed by atoms with E-state index in [-0.39, 0.29) is 13.2 Å². The fraction of sp³-hybridized carbons (Fsp3) is 1.00. The van der Waals surface area contributed by atoms with Crippen LogP contribution in [0.4, 0.5) is 0 Å². The summed E-state index contributed by atoms with van der Waals surface area (Å²) in [6, 6.07) is 0. The van der Waals surface area contributed by atoms with Crippen LogP contribution in [-0.4, -0.2) is 23.6 Å². The molecule has 0 aliphatic rings. The molecule has 0 N–H and O–H groups in total. The Hall–Kier alpha value is 1.82. The first-order valence-electron chi connectivity index (χ1n) is 6.29. The van der Waals surface area contributed by atoms with E-state index in [4.69, 9.17) is 0 Å². The third-order valence-electron chi connectivity index (χ3n) is 2.74. The molecule has 4 unspecified atom stereocenters. The Bertz CT molecular complexity index is 113. The van der Waals surface area contributed by atoms with Crippen molar-refractivity contribution in [2.24, 2.45) is 0 Å². The summed E-state index contributed by atoms with van der Waals surface area (Å²) in [4.78, 5) is 0. The molecule has 0 amide bonds. The predicted octanol–water partition coefficient (Wildman–Crippen LogP) is 7.19. The lowest BCUT2D eigenvalue weighted by atomic mass is 10.4. The molecule has 0 bridgehead atoms. The van der Waals surface area contributed by atoms with Gasteiger partial charge in [-0.05, 0) is 49.7 Å². The fourth-order valence-corrected chi connectivity index (χ4v) is 4.80. The zero-order chi connectivity index (χ0) is 13.1. The molecule has 0 aromatic rings. The molecule has 0 rings (SSSR count). The van der Waals surface area contributed by atoms with Gasteiger partial charge in [0.25, 0.3) is 0 Å². The minimum atomic E-state index is 0.173. The van der Waals surface area contributed by atoms with Crippen molar-refractivity contribution in [3.05, 3.63) is 0 Å². The Labute approximate surface area is 122 Å². The van der Waals surface area contributed by atoms with Crippen LogP contribution in [-0.2, 0) is 0 Å². The molecule has 0 saturated carbocycles. The molecule has 0 heterocycles. The average molecular weight is 394 g/mol. The highest BCUT2D eigenvalue weighted by atomic mass is 79.9. The normalized spacial score (nSPS) is 18.0. The van der Waals surface area contributed by atoms with E-state index in [0.717, 1.165) is 11.3 Å². The second-order valence-electron chi connectivity index (χ2n) is 3.95. The molecule has 0 radical (unpaired) electrons. The largest absolute Gasteiger partial charge is 0.0648 e. The first-order chi connectivity index (χ1) is 7.44. The molecule has 0 aliphatic heterocycles. The van der Waals surface area contributed by atoms with Crippen molar-refractivity contribution in [1.29, 1.82) is 0 Å². The molecule has 16 heavy (non-hydrogen) atoms. The van der Waals surface area contributed by atoms with Gasteiger partial charge in [-0.25, -0.2) is 0 Å². The summed E-state index contributed by atoms with van der Waals surface area (Å²) in [6.45, 7) is 13.9. The van der Waals surface area contributed by atoms with Crippen LogP contribution in [0.2, 0.25) is 0 Å². The molecule has 0 aliphatic carbocycles. The Morgan fingerprint density at radius 3 is 1.06 bits per heavy atom. The zero-order valence-electron chi connectivity index (χ0n) is 11.6. The number of halogens is 2. The van der Waals surface area contributed by atoms with Gasteiger partial charge in [0.2, 0.25) is 0 Å². The van der Waals surface area contributed by atoms with Crippen molar-refractivity contribution in [2.75, 3.05) is 12.3 Å². The van der Waals surface area contributed by atoms with Crippen molar-refractivity contribution < 1.29 is 0 Å². The molecular formula is C12H28Br2P2. The molecule has 0 nitrogen and oxygen atoms in total. The van der Waals surface area contributed by atoms with E-state index in [0.29, 0.717) is 0 Å². The molecule has 0 spiro atoms. The van der Waals surface area contributed by atoms with E-state index in [9.17, 15) is 0 Å². The summed E-state index contributed by atoms with van der Waals surface area (Å²) < 4.78 is 0. The molecule has 0 aromatic carbocycles. The Morgan fingerprint density at radius 1 is 0.750 bits per heavy atom. The van der Waals surface area contributed by atoms with Crippen LogP contribution in [0, 0.1) is 0 Å². The topological polar surface area (TPSA) is 0 Å². The van der Waals surface area contributed by atoms with Crippen LogP contribution >= 0.6 is 44.2 Å². The number of hydrogen-bond acceptors (Lipinski definition) is 0. The molecule has 0 aromatic heterocycles. The molecule has 0 fully saturated rings. The van der Waals surface area contributed by atoms with Crippen LogP contribution in [0.15, 0.2) is 0 Å². The van der Waals surface area contributed by atoms with Gasteiger partial charge in [-0.3, -0.25) is 0 Å². The predicted molar refractivity (Wildman–Crippen MR) is 92.3 cm³/mol. The van der Waals surface area contributed by atoms with Gasteiger partial charge in [0.05, 0.1) is 0 Å². The van der Waals surface area contributed by atoms with Gasteiger partial charge in [0.1, 0.15) is 0 Å². The second-order valence-corrected chi connectivity index (χ2v) is 14.0. The molecule has 0 saturated heterocycles. The highest BCUT2D eigenvalue weighted by molar-refractivity contribution is 9.39. The Balaban J connectivity index is 0. The standard InChI is InChI=1S/2C6H14BrP/c2*1-4-6(3)8(7)5-2/h2*6H,4-5H2,1-3H3. The summed E-state index contributed by atoms with van der Waals surface area (Å²) in [6.07, 6.45) is 5.24. The lowest BCUT2D eigenvalue weighted by molar-refractivity contribution is 0.897. The summed E-state index contributed by atoms with van der Waals surface area (Å²) in [5.74, 6) is 0. The van der Waals surface area contributed by atoms with E-state index < -0.39 is 0 Å². The van der Waals surface area contributed by atoms with Crippen LogP contribution < -0.4 is 0 Å². The minimum Gasteiger partial charge on any atom is -0.0648 e. The molecule has 100 valence electrons. The summed E-state index contributed by atoms with van der Waals surface area (Å²) in [5, 5.41) is 0. The average Bonchev–Trinajstić information content (AvgIpc) is 2.35. The first kappa shape index (κ1) is 20.1. The maximum absolute atomic E-state index is 3.67. The third kappa shape index (κ3) is 10.9. The van der Waals surface area contributed by atoms with Gasteiger partial charge in [0, 0.05) is 0 Å². The van der Waals surface area contributed by atoms with Crippen LogP contribution in [0.5, 0.6) is 0 Å². The molecular weight excluding hydrogens is 366 g/mol. The molecule has 4 atom stereocenters. The maximum Gasteiger partial charge on any atom is -0.0142 e. The maximum atomic E-state index is 3.67. The fourth-order valence-electron chi connectivity index (χ4n) is 1.02. The van der Waals surface area contributed by atoms with Crippen molar-refractivity contribution in [3.8, 4) is 0 Å². The SMILES string of the molecule is CCC(C)P(Br)CC.CCC(C)P(Br)CC. The van der Waals surface area contributed by atoms with E-state index in [1.807, 2.05) is 0 Å². The summed E-state index contributed by atoms with van der Waals surface area (Å²) in [7, 11) is 0. The van der Waals surface area contributed by atoms with E-state index in [2.05, 4.69) is 72.5 Å². The van der Waals surface area contributed by atoms with Gasteiger partial charge in [-0.2, -0.15) is 0 Å². The minimum absolute atomic E-state index is 0.173. The number of rotatable bonds is 6. The Morgan fingerprint density at radius 2 is 1.00 bits per heavy atom. The van der Waals surface area contributed by atoms with Gasteiger partial charge in [-0.15, -0.1) is 0 Å². The van der Waals surface area contributed by atoms with E-state index in [1.165, 1.54) is 25.2 Å². The summed E-state index contributed by atoms with van der Waals surface area (Å²) >= 11 is 7.33. The summed E-state index contributed by atoms with van der Waals surface area (Å²) in [5.41, 5.74) is 1.80. The van der Waals surface area contributed by atoms with E-state index in [1.54, 1.807) is 0 Å². The monoisotopic (exact) mass is 392 g/mol. The smallest absolute Gasteiger partial charge is 0.0142 e. The van der Waals surface area contributed by atoms with Gasteiger partial charge < -0.3 is 0 Å². The van der Waals surface area contributed by atoms with Crippen LogP contribution in [0.1, 0.15) is 54.4 Å². The highest BCUT2D eigenvalue weighted by Crippen LogP contribution is 2.50. The van der Waals surface area contributed by atoms with Gasteiger partial charge in [-0.1, -0.05) is 72.5 Å². The number of hydrogen-bond donors (Lipinski definition) is 0. The van der Waals surface area contributed by atoms with Gasteiger partial charge in [0.15, 0.2) is 0 Å².